The van der Waals surface area contributed by atoms with Crippen LogP contribution in [0.5, 0.6) is 0 Å². The molecule has 4 heteroatoms. The highest BCUT2D eigenvalue weighted by atomic mass is 16.4. The van der Waals surface area contributed by atoms with Gasteiger partial charge in [0.1, 0.15) is 0 Å². The topological polar surface area (TPSA) is 57.6 Å². The first-order valence-corrected chi connectivity index (χ1v) is 7.81. The van der Waals surface area contributed by atoms with E-state index in [1.54, 1.807) is 4.90 Å². The predicted octanol–water partition coefficient (Wildman–Crippen LogP) is 3.71. The molecule has 0 fully saturated rings. The van der Waals surface area contributed by atoms with Gasteiger partial charge in [-0.1, -0.05) is 51.1 Å². The zero-order chi connectivity index (χ0) is 16.6. The number of rotatable bonds is 8. The van der Waals surface area contributed by atoms with Crippen molar-refractivity contribution in [1.82, 2.24) is 4.90 Å². The van der Waals surface area contributed by atoms with Crippen LogP contribution in [0.15, 0.2) is 30.3 Å². The van der Waals surface area contributed by atoms with Crippen LogP contribution in [0.4, 0.5) is 0 Å². The lowest BCUT2D eigenvalue weighted by atomic mass is 9.90. The summed E-state index contributed by atoms with van der Waals surface area (Å²) >= 11 is 0. The van der Waals surface area contributed by atoms with Gasteiger partial charge in [-0.25, -0.2) is 0 Å². The van der Waals surface area contributed by atoms with E-state index < -0.39 is 5.97 Å². The van der Waals surface area contributed by atoms with Gasteiger partial charge in [0.15, 0.2) is 0 Å². The van der Waals surface area contributed by atoms with Crippen molar-refractivity contribution in [1.29, 1.82) is 0 Å². The number of carbonyl (C=O) groups excluding carboxylic acids is 1. The maximum atomic E-state index is 12.4. The van der Waals surface area contributed by atoms with E-state index in [2.05, 4.69) is 20.8 Å². The molecule has 0 unspecified atom stereocenters. The lowest BCUT2D eigenvalue weighted by molar-refractivity contribution is -0.138. The van der Waals surface area contributed by atoms with Crippen molar-refractivity contribution >= 4 is 11.9 Å². The molecule has 0 heterocycles. The van der Waals surface area contributed by atoms with E-state index in [-0.39, 0.29) is 17.7 Å². The van der Waals surface area contributed by atoms with Gasteiger partial charge < -0.3 is 10.0 Å². The number of aliphatic carboxylic acids is 1. The first kappa shape index (κ1) is 18.2. The molecule has 0 aromatic heterocycles. The molecular formula is C18H27NO3. The molecule has 1 aromatic rings. The molecule has 0 bridgehead atoms. The average Bonchev–Trinajstić information content (AvgIpc) is 2.43. The Morgan fingerprint density at radius 1 is 1.09 bits per heavy atom. The van der Waals surface area contributed by atoms with E-state index >= 15 is 0 Å². The molecule has 0 aliphatic heterocycles. The molecule has 122 valence electrons. The van der Waals surface area contributed by atoms with Crippen LogP contribution in [0.25, 0.3) is 0 Å². The van der Waals surface area contributed by atoms with Crippen LogP contribution < -0.4 is 0 Å². The smallest absolute Gasteiger partial charge is 0.303 e. The summed E-state index contributed by atoms with van der Waals surface area (Å²) in [5, 5.41) is 8.76. The normalized spacial score (nSPS) is 11.2. The lowest BCUT2D eigenvalue weighted by Gasteiger charge is -2.25. The Balaban J connectivity index is 2.64. The van der Waals surface area contributed by atoms with E-state index in [0.29, 0.717) is 25.9 Å². The zero-order valence-corrected chi connectivity index (χ0v) is 13.8. The molecule has 22 heavy (non-hydrogen) atoms. The van der Waals surface area contributed by atoms with Crippen LogP contribution in [0, 0.1) is 5.41 Å². The maximum Gasteiger partial charge on any atom is 0.303 e. The highest BCUT2D eigenvalue weighted by Gasteiger charge is 2.18. The van der Waals surface area contributed by atoms with Gasteiger partial charge in [-0.2, -0.15) is 0 Å². The van der Waals surface area contributed by atoms with Crippen molar-refractivity contribution in [2.75, 3.05) is 6.54 Å². The second-order valence-electron chi connectivity index (χ2n) is 6.86. The van der Waals surface area contributed by atoms with E-state index in [1.807, 2.05) is 30.3 Å². The molecule has 1 amide bonds. The minimum atomic E-state index is -0.818. The first-order valence-electron chi connectivity index (χ1n) is 7.81. The number of carbonyl (C=O) groups is 2. The third-order valence-electron chi connectivity index (χ3n) is 3.48. The summed E-state index contributed by atoms with van der Waals surface area (Å²) in [4.78, 5) is 24.9. The molecule has 0 aliphatic rings. The standard InChI is InChI=1S/C18H27NO3/c1-18(2,3)12-11-16(20)19(13-7-10-17(21)22)14-15-8-5-4-6-9-15/h4-6,8-9H,7,10-14H2,1-3H3,(H,21,22). The summed E-state index contributed by atoms with van der Waals surface area (Å²) in [5.74, 6) is -0.717. The van der Waals surface area contributed by atoms with Crippen LogP contribution in [-0.4, -0.2) is 28.4 Å². The summed E-state index contributed by atoms with van der Waals surface area (Å²) in [7, 11) is 0. The molecule has 1 aromatic carbocycles. The van der Waals surface area contributed by atoms with Crippen molar-refractivity contribution in [3.63, 3.8) is 0 Å². The summed E-state index contributed by atoms with van der Waals surface area (Å²) in [5.41, 5.74) is 1.19. The summed E-state index contributed by atoms with van der Waals surface area (Å²) in [6.07, 6.45) is 1.92. The van der Waals surface area contributed by atoms with Gasteiger partial charge in [0.05, 0.1) is 0 Å². The van der Waals surface area contributed by atoms with Crippen molar-refractivity contribution in [2.24, 2.45) is 5.41 Å². The maximum absolute atomic E-state index is 12.4. The fourth-order valence-corrected chi connectivity index (χ4v) is 2.16. The van der Waals surface area contributed by atoms with Gasteiger partial charge in [-0.3, -0.25) is 9.59 Å². The Hall–Kier alpha value is -1.84. The van der Waals surface area contributed by atoms with E-state index in [0.717, 1.165) is 12.0 Å². The minimum Gasteiger partial charge on any atom is -0.481 e. The van der Waals surface area contributed by atoms with Gasteiger partial charge in [0.2, 0.25) is 5.91 Å². The Morgan fingerprint density at radius 2 is 1.73 bits per heavy atom. The molecule has 4 nitrogen and oxygen atoms in total. The lowest BCUT2D eigenvalue weighted by Crippen LogP contribution is -2.32. The quantitative estimate of drug-likeness (QED) is 0.796. The molecular weight excluding hydrogens is 278 g/mol. The number of carboxylic acids is 1. The first-order chi connectivity index (χ1) is 10.3. The SMILES string of the molecule is CC(C)(C)CCC(=O)N(CCCC(=O)O)Cc1ccccc1. The molecule has 0 spiro atoms. The second-order valence-corrected chi connectivity index (χ2v) is 6.86. The van der Waals surface area contributed by atoms with Crippen LogP contribution in [0.3, 0.4) is 0 Å². The fourth-order valence-electron chi connectivity index (χ4n) is 2.16. The van der Waals surface area contributed by atoms with E-state index in [9.17, 15) is 9.59 Å². The number of nitrogens with zero attached hydrogens (tertiary/aromatic N) is 1. The monoisotopic (exact) mass is 305 g/mol. The van der Waals surface area contributed by atoms with Crippen LogP contribution in [0.1, 0.15) is 52.0 Å². The van der Waals surface area contributed by atoms with Crippen LogP contribution >= 0.6 is 0 Å². The van der Waals surface area contributed by atoms with Gasteiger partial charge in [0, 0.05) is 25.9 Å². The number of amides is 1. The number of hydrogen-bond donors (Lipinski definition) is 1. The summed E-state index contributed by atoms with van der Waals surface area (Å²) in [6.45, 7) is 7.39. The van der Waals surface area contributed by atoms with Crippen molar-refractivity contribution in [3.8, 4) is 0 Å². The molecule has 1 rings (SSSR count). The Morgan fingerprint density at radius 3 is 2.27 bits per heavy atom. The molecule has 1 N–H and O–H groups in total. The number of hydrogen-bond acceptors (Lipinski definition) is 2. The number of carboxylic acid groups (broad SMARTS) is 1. The Kier molecular flexibility index (Phi) is 7.09. The molecule has 0 saturated heterocycles. The van der Waals surface area contributed by atoms with Crippen molar-refractivity contribution < 1.29 is 14.7 Å². The second kappa shape index (κ2) is 8.57. The number of benzene rings is 1. The van der Waals surface area contributed by atoms with E-state index in [1.165, 1.54) is 0 Å². The molecule has 0 saturated carbocycles. The van der Waals surface area contributed by atoms with Gasteiger partial charge >= 0.3 is 5.97 Å². The van der Waals surface area contributed by atoms with Crippen molar-refractivity contribution in [3.05, 3.63) is 35.9 Å². The van der Waals surface area contributed by atoms with Crippen LogP contribution in [0.2, 0.25) is 0 Å². The summed E-state index contributed by atoms with van der Waals surface area (Å²) in [6, 6.07) is 9.82. The highest BCUT2D eigenvalue weighted by Crippen LogP contribution is 2.21. The van der Waals surface area contributed by atoms with Gasteiger partial charge in [0.25, 0.3) is 0 Å². The molecule has 0 aliphatic carbocycles. The average molecular weight is 305 g/mol. The van der Waals surface area contributed by atoms with E-state index in [4.69, 9.17) is 5.11 Å². The van der Waals surface area contributed by atoms with Gasteiger partial charge in [-0.05, 0) is 23.8 Å². The largest absolute Gasteiger partial charge is 0.481 e. The third kappa shape index (κ3) is 7.81. The minimum absolute atomic E-state index is 0.0951. The third-order valence-corrected chi connectivity index (χ3v) is 3.48. The Labute approximate surface area is 133 Å². The Bertz CT molecular complexity index is 477. The van der Waals surface area contributed by atoms with Gasteiger partial charge in [-0.15, -0.1) is 0 Å². The summed E-state index contributed by atoms with van der Waals surface area (Å²) < 4.78 is 0. The fraction of sp³-hybridized carbons (Fsp3) is 0.556. The predicted molar refractivity (Wildman–Crippen MR) is 87.4 cm³/mol. The zero-order valence-electron chi connectivity index (χ0n) is 13.8. The van der Waals surface area contributed by atoms with Crippen LogP contribution in [-0.2, 0) is 16.1 Å². The molecule has 0 radical (unpaired) electrons. The molecule has 0 atom stereocenters. The highest BCUT2D eigenvalue weighted by molar-refractivity contribution is 5.76. The van der Waals surface area contributed by atoms with Crippen molar-refractivity contribution in [2.45, 2.75) is 53.0 Å².